The van der Waals surface area contributed by atoms with Crippen molar-refractivity contribution in [1.29, 1.82) is 0 Å². The molecule has 9 heteroatoms. The van der Waals surface area contributed by atoms with Crippen LogP contribution in [0.5, 0.6) is 11.8 Å². The van der Waals surface area contributed by atoms with Gasteiger partial charge in [-0.2, -0.15) is 9.36 Å². The summed E-state index contributed by atoms with van der Waals surface area (Å²) in [5.41, 5.74) is 3.60. The summed E-state index contributed by atoms with van der Waals surface area (Å²) in [5, 5.41) is 0. The summed E-state index contributed by atoms with van der Waals surface area (Å²) >= 11 is 1.48. The largest absolute Gasteiger partial charge is 0.481 e. The lowest BCUT2D eigenvalue weighted by Crippen LogP contribution is -2.26. The Morgan fingerprint density at radius 2 is 2.06 bits per heavy atom. The highest BCUT2D eigenvalue weighted by Crippen LogP contribution is 2.30. The van der Waals surface area contributed by atoms with E-state index in [0.717, 1.165) is 46.0 Å². The second-order valence-corrected chi connectivity index (χ2v) is 8.35. The van der Waals surface area contributed by atoms with Crippen molar-refractivity contribution in [3.05, 3.63) is 53.1 Å². The summed E-state index contributed by atoms with van der Waals surface area (Å²) in [6.07, 6.45) is 6.09. The summed E-state index contributed by atoms with van der Waals surface area (Å²) in [6.45, 7) is 3.40. The first-order chi connectivity index (χ1) is 15.2. The van der Waals surface area contributed by atoms with E-state index in [2.05, 4.69) is 15.4 Å². The standard InChI is InChI=1S/C22H23N5O3S/c1-14-11-17(31-26-14)13-19-24-18-4-8-27(15-3-7-23-20(12-15)28-2)21(18)22(25-19)30-16-5-9-29-10-6-16/h3-4,7-8,11-12,16H,5-6,9-10,13H2,1-2H3. The Labute approximate surface area is 184 Å². The van der Waals surface area contributed by atoms with Crippen LogP contribution in [0.3, 0.4) is 0 Å². The van der Waals surface area contributed by atoms with Crippen molar-refractivity contribution in [2.24, 2.45) is 0 Å². The van der Waals surface area contributed by atoms with Gasteiger partial charge in [0.1, 0.15) is 17.4 Å². The van der Waals surface area contributed by atoms with Crippen LogP contribution in [0.4, 0.5) is 0 Å². The molecule has 0 spiro atoms. The number of aromatic nitrogens is 5. The van der Waals surface area contributed by atoms with E-state index in [1.54, 1.807) is 13.3 Å². The number of methoxy groups -OCH3 is 1. The lowest BCUT2D eigenvalue weighted by atomic mass is 10.1. The summed E-state index contributed by atoms with van der Waals surface area (Å²) in [7, 11) is 1.61. The molecule has 31 heavy (non-hydrogen) atoms. The van der Waals surface area contributed by atoms with Crippen molar-refractivity contribution < 1.29 is 14.2 Å². The Hall–Kier alpha value is -3.04. The van der Waals surface area contributed by atoms with Crippen molar-refractivity contribution in [3.63, 3.8) is 0 Å². The Morgan fingerprint density at radius 3 is 2.84 bits per heavy atom. The van der Waals surface area contributed by atoms with Crippen LogP contribution in [0.1, 0.15) is 29.2 Å². The van der Waals surface area contributed by atoms with Crippen LogP contribution in [0.15, 0.2) is 36.7 Å². The minimum absolute atomic E-state index is 0.0701. The fourth-order valence-corrected chi connectivity index (χ4v) is 4.43. The average molecular weight is 438 g/mol. The molecule has 4 aromatic rings. The Bertz CT molecular complexity index is 1200. The molecule has 8 nitrogen and oxygen atoms in total. The first-order valence-electron chi connectivity index (χ1n) is 10.2. The molecule has 0 bridgehead atoms. The Balaban J connectivity index is 1.58. The molecule has 0 amide bonds. The van der Waals surface area contributed by atoms with Gasteiger partial charge in [0.05, 0.1) is 37.2 Å². The number of fused-ring (bicyclic) bond motifs is 1. The molecule has 1 aliphatic heterocycles. The number of nitrogens with zero attached hydrogens (tertiary/aromatic N) is 5. The zero-order valence-electron chi connectivity index (χ0n) is 17.4. The maximum Gasteiger partial charge on any atom is 0.242 e. The smallest absolute Gasteiger partial charge is 0.242 e. The number of aryl methyl sites for hydroxylation is 1. The van der Waals surface area contributed by atoms with Gasteiger partial charge >= 0.3 is 0 Å². The molecule has 5 rings (SSSR count). The second-order valence-electron chi connectivity index (χ2n) is 7.46. The lowest BCUT2D eigenvalue weighted by molar-refractivity contribution is 0.0242. The molecular formula is C22H23N5O3S. The minimum Gasteiger partial charge on any atom is -0.481 e. The van der Waals surface area contributed by atoms with Gasteiger partial charge in [0.2, 0.25) is 11.8 Å². The summed E-state index contributed by atoms with van der Waals surface area (Å²) in [6, 6.07) is 7.87. The molecule has 1 aliphatic rings. The monoisotopic (exact) mass is 437 g/mol. The molecule has 0 aromatic carbocycles. The van der Waals surface area contributed by atoms with Crippen LogP contribution in [-0.4, -0.2) is 50.3 Å². The molecule has 4 aromatic heterocycles. The summed E-state index contributed by atoms with van der Waals surface area (Å²) < 4.78 is 23.6. The number of pyridine rings is 1. The van der Waals surface area contributed by atoms with Crippen molar-refractivity contribution in [3.8, 4) is 17.4 Å². The summed E-state index contributed by atoms with van der Waals surface area (Å²) in [4.78, 5) is 15.0. The number of ether oxygens (including phenoxy) is 3. The highest BCUT2D eigenvalue weighted by atomic mass is 32.1. The van der Waals surface area contributed by atoms with Gasteiger partial charge in [0.15, 0.2) is 0 Å². The minimum atomic E-state index is 0.0701. The predicted octanol–water partition coefficient (Wildman–Crippen LogP) is 3.74. The maximum atomic E-state index is 6.42. The number of hydrogen-bond acceptors (Lipinski definition) is 8. The van der Waals surface area contributed by atoms with E-state index in [-0.39, 0.29) is 6.10 Å². The molecule has 1 fully saturated rings. The van der Waals surface area contributed by atoms with Gasteiger partial charge in [-0.25, -0.2) is 9.97 Å². The van der Waals surface area contributed by atoms with E-state index in [4.69, 9.17) is 24.2 Å². The van der Waals surface area contributed by atoms with Crippen molar-refractivity contribution in [2.75, 3.05) is 20.3 Å². The third kappa shape index (κ3) is 4.24. The molecule has 160 valence electrons. The zero-order valence-corrected chi connectivity index (χ0v) is 18.3. The third-order valence-corrected chi connectivity index (χ3v) is 6.09. The van der Waals surface area contributed by atoms with Crippen LogP contribution >= 0.6 is 11.5 Å². The molecule has 0 aliphatic carbocycles. The first-order valence-corrected chi connectivity index (χ1v) is 11.0. The fourth-order valence-electron chi connectivity index (χ4n) is 3.70. The van der Waals surface area contributed by atoms with E-state index < -0.39 is 0 Å². The first kappa shape index (κ1) is 19.9. The Morgan fingerprint density at radius 1 is 1.19 bits per heavy atom. The van der Waals surface area contributed by atoms with Crippen LogP contribution in [0.2, 0.25) is 0 Å². The quantitative estimate of drug-likeness (QED) is 0.454. The van der Waals surface area contributed by atoms with Gasteiger partial charge in [-0.15, -0.1) is 0 Å². The zero-order chi connectivity index (χ0) is 21.2. The molecule has 1 saturated heterocycles. The molecule has 0 atom stereocenters. The fraction of sp³-hybridized carbons (Fsp3) is 0.364. The van der Waals surface area contributed by atoms with E-state index in [1.807, 2.05) is 35.9 Å². The highest BCUT2D eigenvalue weighted by Gasteiger charge is 2.21. The van der Waals surface area contributed by atoms with E-state index >= 15 is 0 Å². The Kier molecular flexibility index (Phi) is 5.52. The predicted molar refractivity (Wildman–Crippen MR) is 117 cm³/mol. The molecular weight excluding hydrogens is 414 g/mol. The van der Waals surface area contributed by atoms with Crippen LogP contribution in [0, 0.1) is 6.92 Å². The van der Waals surface area contributed by atoms with Gasteiger partial charge in [-0.1, -0.05) is 0 Å². The van der Waals surface area contributed by atoms with Crippen LogP contribution in [0.25, 0.3) is 16.7 Å². The van der Waals surface area contributed by atoms with Crippen molar-refractivity contribution in [1.82, 2.24) is 23.9 Å². The normalized spacial score (nSPS) is 14.8. The van der Waals surface area contributed by atoms with Gasteiger partial charge in [0.25, 0.3) is 0 Å². The summed E-state index contributed by atoms with van der Waals surface area (Å²) in [5.74, 6) is 1.86. The van der Waals surface area contributed by atoms with Gasteiger partial charge in [0, 0.05) is 42.6 Å². The average Bonchev–Trinajstić information content (AvgIpc) is 3.40. The van der Waals surface area contributed by atoms with Gasteiger partial charge < -0.3 is 18.8 Å². The maximum absolute atomic E-state index is 6.42. The second kappa shape index (κ2) is 8.60. The number of hydrogen-bond donors (Lipinski definition) is 0. The molecule has 0 unspecified atom stereocenters. The van der Waals surface area contributed by atoms with Gasteiger partial charge in [-0.3, -0.25) is 0 Å². The van der Waals surface area contributed by atoms with Crippen LogP contribution < -0.4 is 9.47 Å². The van der Waals surface area contributed by atoms with E-state index in [9.17, 15) is 0 Å². The molecule has 0 saturated carbocycles. The van der Waals surface area contributed by atoms with E-state index in [1.165, 1.54) is 11.5 Å². The topological polar surface area (TPSA) is 84.2 Å². The SMILES string of the molecule is COc1cc(-n2ccc3nc(Cc4cc(C)ns4)nc(OC4CCOCC4)c32)ccn1. The van der Waals surface area contributed by atoms with Crippen molar-refractivity contribution in [2.45, 2.75) is 32.3 Å². The third-order valence-electron chi connectivity index (χ3n) is 5.21. The molecule has 5 heterocycles. The number of rotatable bonds is 6. The molecule has 0 N–H and O–H groups in total. The lowest BCUT2D eigenvalue weighted by Gasteiger charge is -2.23. The van der Waals surface area contributed by atoms with Gasteiger partial charge in [-0.05, 0) is 36.7 Å². The molecule has 0 radical (unpaired) electrons. The van der Waals surface area contributed by atoms with Crippen LogP contribution in [-0.2, 0) is 11.2 Å². The van der Waals surface area contributed by atoms with Crippen molar-refractivity contribution >= 4 is 22.6 Å². The van der Waals surface area contributed by atoms with E-state index in [0.29, 0.717) is 31.4 Å². The highest BCUT2D eigenvalue weighted by molar-refractivity contribution is 7.05.